The maximum Gasteiger partial charge on any atom is 0.0260 e. The summed E-state index contributed by atoms with van der Waals surface area (Å²) < 4.78 is 0. The highest BCUT2D eigenvalue weighted by molar-refractivity contribution is 4.94. The SMILES string of the molecule is CC=C(C)CCCN=[N+]=[N-]. The van der Waals surface area contributed by atoms with Crippen LogP contribution in [-0.2, 0) is 0 Å². The van der Waals surface area contributed by atoms with Crippen molar-refractivity contribution in [2.45, 2.75) is 26.7 Å². The molecular formula is C7H13N3. The predicted molar refractivity (Wildman–Crippen MR) is 42.7 cm³/mol. The van der Waals surface area contributed by atoms with E-state index in [1.54, 1.807) is 0 Å². The largest absolute Gasteiger partial charge is 0.0940 e. The molecule has 0 atom stereocenters. The number of azide groups is 1. The molecule has 56 valence electrons. The molecular weight excluding hydrogens is 126 g/mol. The van der Waals surface area contributed by atoms with Crippen molar-refractivity contribution in [1.29, 1.82) is 0 Å². The molecule has 0 aliphatic heterocycles. The maximum absolute atomic E-state index is 7.93. The number of rotatable bonds is 4. The maximum atomic E-state index is 7.93. The fraction of sp³-hybridized carbons (Fsp3) is 0.714. The summed E-state index contributed by atoms with van der Waals surface area (Å²) in [6.45, 7) is 4.71. The van der Waals surface area contributed by atoms with E-state index in [0.717, 1.165) is 12.8 Å². The molecule has 0 aliphatic rings. The average molecular weight is 139 g/mol. The molecule has 0 fully saturated rings. The summed E-state index contributed by atoms with van der Waals surface area (Å²) in [6, 6.07) is 0. The van der Waals surface area contributed by atoms with Crippen LogP contribution >= 0.6 is 0 Å². The number of allylic oxidation sites excluding steroid dienone is 2. The van der Waals surface area contributed by atoms with E-state index in [1.807, 2.05) is 6.92 Å². The van der Waals surface area contributed by atoms with Crippen LogP contribution in [0, 0.1) is 0 Å². The van der Waals surface area contributed by atoms with E-state index in [2.05, 4.69) is 23.0 Å². The van der Waals surface area contributed by atoms with Gasteiger partial charge >= 0.3 is 0 Å². The van der Waals surface area contributed by atoms with Gasteiger partial charge in [0.15, 0.2) is 0 Å². The molecule has 0 saturated heterocycles. The second kappa shape index (κ2) is 6.17. The van der Waals surface area contributed by atoms with E-state index < -0.39 is 0 Å². The number of nitrogens with zero attached hydrogens (tertiary/aromatic N) is 3. The van der Waals surface area contributed by atoms with Crippen LogP contribution in [-0.4, -0.2) is 6.54 Å². The molecule has 0 rings (SSSR count). The summed E-state index contributed by atoms with van der Waals surface area (Å²) in [7, 11) is 0. The molecule has 0 saturated carbocycles. The fourth-order valence-corrected chi connectivity index (χ4v) is 0.618. The zero-order valence-corrected chi connectivity index (χ0v) is 6.54. The molecule has 0 unspecified atom stereocenters. The standard InChI is InChI=1S/C7H13N3/c1-3-7(2)5-4-6-9-10-8/h3H,4-6H2,1-2H3. The molecule has 0 heterocycles. The van der Waals surface area contributed by atoms with E-state index in [9.17, 15) is 0 Å². The van der Waals surface area contributed by atoms with Gasteiger partial charge in [-0.3, -0.25) is 0 Å². The molecule has 3 heteroatoms. The Morgan fingerprint density at radius 2 is 2.40 bits per heavy atom. The lowest BCUT2D eigenvalue weighted by molar-refractivity contribution is 0.817. The van der Waals surface area contributed by atoms with Crippen LogP contribution in [0.3, 0.4) is 0 Å². The van der Waals surface area contributed by atoms with Crippen LogP contribution < -0.4 is 0 Å². The summed E-state index contributed by atoms with van der Waals surface area (Å²) in [5, 5.41) is 3.43. The second-order valence-corrected chi connectivity index (χ2v) is 2.19. The van der Waals surface area contributed by atoms with Crippen molar-refractivity contribution < 1.29 is 0 Å². The molecule has 0 radical (unpaired) electrons. The predicted octanol–water partition coefficient (Wildman–Crippen LogP) is 3.04. The van der Waals surface area contributed by atoms with Crippen molar-refractivity contribution in [3.05, 3.63) is 22.1 Å². The van der Waals surface area contributed by atoms with E-state index in [-0.39, 0.29) is 0 Å². The van der Waals surface area contributed by atoms with Crippen molar-refractivity contribution in [3.63, 3.8) is 0 Å². The Bertz CT molecular complexity index is 154. The lowest BCUT2D eigenvalue weighted by atomic mass is 10.1. The first kappa shape index (κ1) is 9.05. The minimum absolute atomic E-state index is 0.613. The zero-order chi connectivity index (χ0) is 7.82. The first-order chi connectivity index (χ1) is 4.81. The van der Waals surface area contributed by atoms with Crippen LogP contribution in [0.4, 0.5) is 0 Å². The highest BCUT2D eigenvalue weighted by atomic mass is 15.1. The average Bonchev–Trinajstić information content (AvgIpc) is 1.98. The van der Waals surface area contributed by atoms with E-state index in [4.69, 9.17) is 5.53 Å². The highest BCUT2D eigenvalue weighted by Gasteiger charge is 1.86. The summed E-state index contributed by atoms with van der Waals surface area (Å²) in [5.41, 5.74) is 9.29. The molecule has 0 N–H and O–H groups in total. The fourth-order valence-electron chi connectivity index (χ4n) is 0.618. The molecule has 0 aromatic heterocycles. The monoisotopic (exact) mass is 139 g/mol. The van der Waals surface area contributed by atoms with E-state index >= 15 is 0 Å². The summed E-state index contributed by atoms with van der Waals surface area (Å²) in [4.78, 5) is 2.66. The Kier molecular flexibility index (Phi) is 5.59. The molecule has 0 bridgehead atoms. The Morgan fingerprint density at radius 3 is 2.90 bits per heavy atom. The van der Waals surface area contributed by atoms with Gasteiger partial charge < -0.3 is 0 Å². The van der Waals surface area contributed by atoms with Crippen LogP contribution in [0.2, 0.25) is 0 Å². The third-order valence-electron chi connectivity index (χ3n) is 1.39. The van der Waals surface area contributed by atoms with Gasteiger partial charge in [-0.1, -0.05) is 16.8 Å². The first-order valence-electron chi connectivity index (χ1n) is 3.44. The third-order valence-corrected chi connectivity index (χ3v) is 1.39. The lowest BCUT2D eigenvalue weighted by Crippen LogP contribution is -1.80. The van der Waals surface area contributed by atoms with Gasteiger partial charge in [0.25, 0.3) is 0 Å². The van der Waals surface area contributed by atoms with E-state index in [1.165, 1.54) is 5.57 Å². The van der Waals surface area contributed by atoms with Crippen LogP contribution in [0.15, 0.2) is 16.8 Å². The van der Waals surface area contributed by atoms with Gasteiger partial charge in [-0.05, 0) is 32.2 Å². The van der Waals surface area contributed by atoms with Gasteiger partial charge in [-0.2, -0.15) is 0 Å². The van der Waals surface area contributed by atoms with Crippen LogP contribution in [0.5, 0.6) is 0 Å². The van der Waals surface area contributed by atoms with Gasteiger partial charge in [0.2, 0.25) is 0 Å². The van der Waals surface area contributed by atoms with Crippen molar-refractivity contribution in [1.82, 2.24) is 0 Å². The van der Waals surface area contributed by atoms with Crippen LogP contribution in [0.25, 0.3) is 10.4 Å². The minimum Gasteiger partial charge on any atom is -0.0940 e. The molecule has 0 aromatic rings. The molecule has 0 amide bonds. The lowest BCUT2D eigenvalue weighted by Gasteiger charge is -1.94. The third kappa shape index (κ3) is 5.19. The van der Waals surface area contributed by atoms with Crippen molar-refractivity contribution in [2.24, 2.45) is 5.11 Å². The molecule has 0 aromatic carbocycles. The summed E-state index contributed by atoms with van der Waals surface area (Å²) >= 11 is 0. The Balaban J connectivity index is 3.28. The minimum atomic E-state index is 0.613. The van der Waals surface area contributed by atoms with Gasteiger partial charge in [-0.15, -0.1) is 0 Å². The second-order valence-electron chi connectivity index (χ2n) is 2.19. The van der Waals surface area contributed by atoms with Gasteiger partial charge in [0.1, 0.15) is 0 Å². The van der Waals surface area contributed by atoms with Crippen molar-refractivity contribution in [3.8, 4) is 0 Å². The molecule has 0 aliphatic carbocycles. The van der Waals surface area contributed by atoms with Crippen LogP contribution in [0.1, 0.15) is 26.7 Å². The van der Waals surface area contributed by atoms with Gasteiger partial charge in [-0.25, -0.2) is 0 Å². The summed E-state index contributed by atoms with van der Waals surface area (Å²) in [5.74, 6) is 0. The van der Waals surface area contributed by atoms with Gasteiger partial charge in [0, 0.05) is 11.5 Å². The Labute approximate surface area is 61.4 Å². The molecule has 3 nitrogen and oxygen atoms in total. The van der Waals surface area contributed by atoms with Crippen molar-refractivity contribution in [2.75, 3.05) is 6.54 Å². The Morgan fingerprint density at radius 1 is 1.70 bits per heavy atom. The normalized spacial score (nSPS) is 10.8. The van der Waals surface area contributed by atoms with Crippen molar-refractivity contribution >= 4 is 0 Å². The zero-order valence-electron chi connectivity index (χ0n) is 6.54. The molecule has 0 spiro atoms. The first-order valence-corrected chi connectivity index (χ1v) is 3.44. The van der Waals surface area contributed by atoms with E-state index in [0.29, 0.717) is 6.54 Å². The smallest absolute Gasteiger partial charge is 0.0260 e. The quantitative estimate of drug-likeness (QED) is 0.189. The number of hydrogen-bond donors (Lipinski definition) is 0. The Hall–Kier alpha value is -0.950. The number of hydrogen-bond acceptors (Lipinski definition) is 1. The van der Waals surface area contributed by atoms with Gasteiger partial charge in [0.05, 0.1) is 0 Å². The molecule has 10 heavy (non-hydrogen) atoms. The topological polar surface area (TPSA) is 48.8 Å². The highest BCUT2D eigenvalue weighted by Crippen LogP contribution is 2.02. The summed E-state index contributed by atoms with van der Waals surface area (Å²) in [6.07, 6.45) is 4.08.